The van der Waals surface area contributed by atoms with Crippen LogP contribution in [-0.4, -0.2) is 42.0 Å². The van der Waals surface area contributed by atoms with Gasteiger partial charge in [-0.05, 0) is 12.1 Å². The first-order valence-electron chi connectivity index (χ1n) is 5.61. The van der Waals surface area contributed by atoms with Gasteiger partial charge in [0.1, 0.15) is 4.90 Å². The average Bonchev–Trinajstić information content (AvgIpc) is 2.37. The first kappa shape index (κ1) is 15.5. The van der Waals surface area contributed by atoms with Gasteiger partial charge in [-0.2, -0.15) is 0 Å². The predicted octanol–water partition coefficient (Wildman–Crippen LogP) is 0.0653. The second kappa shape index (κ2) is 5.49. The Morgan fingerprint density at radius 2 is 1.90 bits per heavy atom. The number of hydrogen-bond donors (Lipinski definition) is 1. The van der Waals surface area contributed by atoms with Gasteiger partial charge in [0.25, 0.3) is 9.05 Å². The van der Waals surface area contributed by atoms with Gasteiger partial charge in [0.15, 0.2) is 5.37 Å². The SMILES string of the molecule is NS(=O)(=O)c1ccccc1N1CCOCC1S(=O)(=O)Cl. The Hall–Kier alpha value is -0.870. The van der Waals surface area contributed by atoms with Gasteiger partial charge >= 0.3 is 0 Å². The number of ether oxygens (including phenoxy) is 1. The third kappa shape index (κ3) is 3.23. The van der Waals surface area contributed by atoms with Crippen LogP contribution in [0.2, 0.25) is 0 Å². The maximum atomic E-state index is 11.6. The Labute approximate surface area is 121 Å². The number of nitrogens with two attached hydrogens (primary N) is 1. The van der Waals surface area contributed by atoms with Crippen molar-refractivity contribution >= 4 is 35.4 Å². The predicted molar refractivity (Wildman–Crippen MR) is 74.5 cm³/mol. The van der Waals surface area contributed by atoms with E-state index in [1.54, 1.807) is 6.07 Å². The van der Waals surface area contributed by atoms with E-state index in [-0.39, 0.29) is 30.3 Å². The summed E-state index contributed by atoms with van der Waals surface area (Å²) in [5.74, 6) is 0. The zero-order valence-corrected chi connectivity index (χ0v) is 12.7. The minimum absolute atomic E-state index is 0.134. The molecule has 0 bridgehead atoms. The number of morpholine rings is 1. The molecule has 1 saturated heterocycles. The van der Waals surface area contributed by atoms with Gasteiger partial charge in [0.2, 0.25) is 10.0 Å². The van der Waals surface area contributed by atoms with Crippen LogP contribution in [0.4, 0.5) is 5.69 Å². The van der Waals surface area contributed by atoms with E-state index in [0.717, 1.165) is 0 Å². The zero-order valence-electron chi connectivity index (χ0n) is 10.3. The number of halogens is 1. The van der Waals surface area contributed by atoms with Crippen molar-refractivity contribution < 1.29 is 21.6 Å². The molecule has 20 heavy (non-hydrogen) atoms. The van der Waals surface area contributed by atoms with Gasteiger partial charge in [-0.3, -0.25) is 0 Å². The number of anilines is 1. The van der Waals surface area contributed by atoms with E-state index in [1.165, 1.54) is 23.1 Å². The molecule has 0 aromatic heterocycles. The maximum absolute atomic E-state index is 11.6. The van der Waals surface area contributed by atoms with Crippen LogP contribution >= 0.6 is 10.7 Å². The van der Waals surface area contributed by atoms with Crippen LogP contribution in [0, 0.1) is 0 Å². The molecule has 0 spiro atoms. The lowest BCUT2D eigenvalue weighted by Gasteiger charge is -2.35. The molecule has 0 radical (unpaired) electrons. The summed E-state index contributed by atoms with van der Waals surface area (Å²) < 4.78 is 51.5. The highest BCUT2D eigenvalue weighted by molar-refractivity contribution is 8.14. The fourth-order valence-electron chi connectivity index (χ4n) is 2.02. The summed E-state index contributed by atoms with van der Waals surface area (Å²) in [5.41, 5.74) is 0.201. The van der Waals surface area contributed by atoms with E-state index in [0.29, 0.717) is 0 Å². The van der Waals surface area contributed by atoms with Crippen molar-refractivity contribution in [3.63, 3.8) is 0 Å². The molecule has 2 rings (SSSR count). The number of sulfonamides is 1. The maximum Gasteiger partial charge on any atom is 0.256 e. The number of nitrogens with zero attached hydrogens (tertiary/aromatic N) is 1. The molecular weight excluding hydrogens is 328 g/mol. The average molecular weight is 341 g/mol. The number of para-hydroxylation sites is 1. The third-order valence-electron chi connectivity index (χ3n) is 2.89. The quantitative estimate of drug-likeness (QED) is 0.780. The molecule has 112 valence electrons. The van der Waals surface area contributed by atoms with Crippen LogP contribution in [0.1, 0.15) is 0 Å². The highest BCUT2D eigenvalue weighted by atomic mass is 35.7. The van der Waals surface area contributed by atoms with Crippen molar-refractivity contribution in [2.75, 3.05) is 24.7 Å². The number of hydrogen-bond acceptors (Lipinski definition) is 6. The summed E-state index contributed by atoms with van der Waals surface area (Å²) in [5, 5.41) is 4.00. The van der Waals surface area contributed by atoms with Crippen molar-refractivity contribution in [1.82, 2.24) is 0 Å². The lowest BCUT2D eigenvalue weighted by Crippen LogP contribution is -2.49. The van der Waals surface area contributed by atoms with Gasteiger partial charge in [-0.25, -0.2) is 22.0 Å². The van der Waals surface area contributed by atoms with Crippen LogP contribution in [-0.2, 0) is 23.8 Å². The van der Waals surface area contributed by atoms with Crippen molar-refractivity contribution in [2.45, 2.75) is 10.3 Å². The van der Waals surface area contributed by atoms with Crippen molar-refractivity contribution in [3.8, 4) is 0 Å². The van der Waals surface area contributed by atoms with Crippen molar-refractivity contribution in [2.24, 2.45) is 5.14 Å². The van der Waals surface area contributed by atoms with E-state index in [4.69, 9.17) is 20.6 Å². The van der Waals surface area contributed by atoms with Crippen LogP contribution in [0.15, 0.2) is 29.2 Å². The Balaban J connectivity index is 2.55. The Kier molecular flexibility index (Phi) is 4.26. The summed E-state index contributed by atoms with van der Waals surface area (Å²) in [4.78, 5) is 1.23. The van der Waals surface area contributed by atoms with E-state index in [9.17, 15) is 16.8 Å². The second-order valence-corrected chi connectivity index (χ2v) is 8.53. The van der Waals surface area contributed by atoms with Crippen LogP contribution < -0.4 is 10.0 Å². The highest BCUT2D eigenvalue weighted by Crippen LogP contribution is 2.29. The zero-order chi connectivity index (χ0) is 15.0. The monoisotopic (exact) mass is 340 g/mol. The van der Waals surface area contributed by atoms with Crippen LogP contribution in [0.5, 0.6) is 0 Å². The fraction of sp³-hybridized carbons (Fsp3) is 0.400. The molecule has 1 aliphatic heterocycles. The molecule has 0 aliphatic carbocycles. The summed E-state index contributed by atoms with van der Waals surface area (Å²) in [7, 11) is -2.53. The molecule has 1 atom stereocenters. The number of rotatable bonds is 3. The van der Waals surface area contributed by atoms with Crippen molar-refractivity contribution in [1.29, 1.82) is 0 Å². The Bertz CT molecular complexity index is 704. The van der Waals surface area contributed by atoms with E-state index in [2.05, 4.69) is 0 Å². The number of primary sulfonamides is 1. The van der Waals surface area contributed by atoms with Gasteiger partial charge in [0, 0.05) is 17.2 Å². The minimum Gasteiger partial charge on any atom is -0.376 e. The van der Waals surface area contributed by atoms with Gasteiger partial charge in [0.05, 0.1) is 18.9 Å². The first-order chi connectivity index (χ1) is 9.21. The first-order valence-corrected chi connectivity index (χ1v) is 9.53. The van der Waals surface area contributed by atoms with Gasteiger partial charge < -0.3 is 9.64 Å². The molecule has 2 N–H and O–H groups in total. The molecule has 1 fully saturated rings. The second-order valence-electron chi connectivity index (χ2n) is 4.21. The van der Waals surface area contributed by atoms with Crippen LogP contribution in [0.25, 0.3) is 0 Å². The molecule has 0 amide bonds. The fourth-order valence-corrected chi connectivity index (χ4v) is 3.99. The van der Waals surface area contributed by atoms with Gasteiger partial charge in [-0.15, -0.1) is 0 Å². The summed E-state index contributed by atoms with van der Waals surface area (Å²) in [6.07, 6.45) is 0. The van der Waals surface area contributed by atoms with Crippen molar-refractivity contribution in [3.05, 3.63) is 24.3 Å². The molecular formula is C10H13ClN2O5S2. The molecule has 0 saturated carbocycles. The van der Waals surface area contributed by atoms with E-state index >= 15 is 0 Å². The molecule has 7 nitrogen and oxygen atoms in total. The standard InChI is InChI=1S/C10H13ClN2O5S2/c11-19(14,15)10-7-18-6-5-13(10)8-3-1-2-4-9(8)20(12,16)17/h1-4,10H,5-7H2,(H2,12,16,17). The molecule has 1 aromatic carbocycles. The van der Waals surface area contributed by atoms with Crippen LogP contribution in [0.3, 0.4) is 0 Å². The highest BCUT2D eigenvalue weighted by Gasteiger charge is 2.35. The minimum atomic E-state index is -3.97. The molecule has 1 aliphatic rings. The Morgan fingerprint density at radius 3 is 2.50 bits per heavy atom. The Morgan fingerprint density at radius 1 is 1.25 bits per heavy atom. The molecule has 1 aromatic rings. The largest absolute Gasteiger partial charge is 0.376 e. The lowest BCUT2D eigenvalue weighted by molar-refractivity contribution is 0.113. The number of benzene rings is 1. The third-order valence-corrected chi connectivity index (χ3v) is 5.51. The molecule has 1 heterocycles. The normalized spacial score (nSPS) is 20.9. The van der Waals surface area contributed by atoms with E-state index in [1.807, 2.05) is 0 Å². The summed E-state index contributed by atoms with van der Waals surface area (Å²) in [6, 6.07) is 5.91. The summed E-state index contributed by atoms with van der Waals surface area (Å²) in [6.45, 7) is 0.329. The summed E-state index contributed by atoms with van der Waals surface area (Å²) >= 11 is 0. The topological polar surface area (TPSA) is 107 Å². The molecule has 1 unspecified atom stereocenters. The molecule has 10 heteroatoms. The lowest BCUT2D eigenvalue weighted by atomic mass is 10.2. The van der Waals surface area contributed by atoms with Gasteiger partial charge in [-0.1, -0.05) is 12.1 Å². The smallest absolute Gasteiger partial charge is 0.256 e. The van der Waals surface area contributed by atoms with E-state index < -0.39 is 24.4 Å².